The number of phenolic OH excluding ortho intramolecular Hbond substituents is 4. The molecule has 47 nitrogen and oxygen atoms in total. The van der Waals surface area contributed by atoms with Gasteiger partial charge in [0, 0.05) is 86.2 Å². The monoisotopic (exact) mass is 1990 g/mol. The predicted octanol–water partition coefficient (Wildman–Crippen LogP) is -1.77. The summed E-state index contributed by atoms with van der Waals surface area (Å²) in [5.41, 5.74) is 19.7. The van der Waals surface area contributed by atoms with E-state index in [-0.39, 0.29) is 147 Å². The van der Waals surface area contributed by atoms with Crippen LogP contribution in [0.25, 0.3) is 0 Å². The number of methoxy groups -OCH3 is 1. The molecule has 12 amide bonds. The van der Waals surface area contributed by atoms with Crippen molar-refractivity contribution in [1.29, 1.82) is 10.8 Å². The zero-order chi connectivity index (χ0) is 105. The van der Waals surface area contributed by atoms with Gasteiger partial charge in [-0.25, -0.2) is 4.98 Å². The van der Waals surface area contributed by atoms with Crippen LogP contribution in [0.2, 0.25) is 0 Å². The number of fused-ring (bicyclic) bond motifs is 3. The number of hydrogen-bond acceptors (Lipinski definition) is 30. The van der Waals surface area contributed by atoms with Crippen LogP contribution in [0.4, 0.5) is 0 Å². The standard InChI is InChI=1S/C95H136N22O25/c1-43(2)31-61(107-69(121)41-140-117-50(12)95(138)38-57-72(68(39-95)142-70-37-58(96)77(122)49(11)141-70)81(126)74-73(79(57)124)78(123)56-17-14-20-67(139-13)71(56)80(74)125)87(132)109-59(18-15-29-103-93(98)99)84(129)108-60(19-16-30-104-94(100)101)85(130)112-65(35-52-23-27-55(120)28-24-52)91(136)115-75(46(7)8)92(137)114-66(36-53-40-102-42-105-53)90(135)111-62(32-44(3)4)88(133)110-63(33-45(5)6)89(134)113-64(34-51-21-25-54(119)26-22-51)86(131)106-47(9)83(128)116-76(48(10)118)82(97)127/h14,17,20-28,40,42-49,58-66,68,70,75-77,118-120,122,124,126,138H,15-16,18-19,29-39,41,96H2,1-13H3,(H2,97,127)(H,102,105)(H,106,131)(H,107,121)(H,108,129)(H,109,132)(H,110,133)(H,111,135)(H,112,130)(H,113,134)(H,114,137)(H,115,136)(H,116,128)(H4,98,99,103)(H4,100,101,104)/b117-50+/t47-,48+,49-,58-,59-,60-,61-,62-,63-,64-,65-,66-,68-,70-,75-,76-,77+,95-/m0/s1. The van der Waals surface area contributed by atoms with Crippen molar-refractivity contribution in [3.63, 3.8) is 0 Å². The summed E-state index contributed by atoms with van der Waals surface area (Å²) in [5, 5.41) is 132. The maximum absolute atomic E-state index is 15.2. The molecule has 142 heavy (non-hydrogen) atoms. The molecule has 1 aliphatic heterocycles. The number of amides is 12. The van der Waals surface area contributed by atoms with Crippen LogP contribution in [0.5, 0.6) is 28.7 Å². The fraction of sp³-hybridized carbons (Fsp3) is 0.537. The number of oxime groups is 1. The summed E-state index contributed by atoms with van der Waals surface area (Å²) < 4.78 is 17.8. The van der Waals surface area contributed by atoms with E-state index in [0.717, 1.165) is 0 Å². The molecule has 3 aliphatic rings. The second-order valence-electron chi connectivity index (χ2n) is 37.5. The molecule has 0 bridgehead atoms. The molecule has 1 saturated heterocycles. The Morgan fingerprint density at radius 1 is 0.570 bits per heavy atom. The molecule has 0 saturated carbocycles. The molecule has 18 atom stereocenters. The number of carbonyl (C=O) groups is 14. The Morgan fingerprint density at radius 3 is 1.49 bits per heavy atom. The fourth-order valence-electron chi connectivity index (χ4n) is 16.6. The van der Waals surface area contributed by atoms with Crippen molar-refractivity contribution in [1.82, 2.24) is 79.1 Å². The van der Waals surface area contributed by atoms with Crippen molar-refractivity contribution in [3.8, 4) is 28.7 Å². The van der Waals surface area contributed by atoms with Gasteiger partial charge in [-0.2, -0.15) is 0 Å². The van der Waals surface area contributed by atoms with Crippen LogP contribution in [0.1, 0.15) is 207 Å². The molecule has 0 spiro atoms. The number of benzene rings is 4. The minimum absolute atomic E-state index is 0.00267. The SMILES string of the molecule is COc1cccc2c1C(=O)c1c(O)c3c(c(O)c1C2=O)C[C@@](O)(/C(C)=N/OCC(=O)N[C@@H](CC(C)C)C(=O)N[C@@H](CCCNC(=N)N)C(=O)N[C@@H](CCCNC(=N)N)C(=O)N[C@@H](Cc1ccc(O)cc1)C(=O)N[C@H](C(=O)N[C@@H](Cc1cnc[nH]1)C(=O)N[C@@H](CC(C)C)C(=O)N[C@@H](CC(C)C)C(=O)N[C@@H](Cc1ccc(O)cc1)C(=O)N[C@@H](C)C(=O)N[C@H](C(N)=O)[C@@H](C)O)C(C)C)C[C@@H]3O[C@H]1C[C@H](N)[C@H](O)[C@H](C)O1. The van der Waals surface area contributed by atoms with Gasteiger partial charge in [0.1, 0.15) is 101 Å². The predicted molar refractivity (Wildman–Crippen MR) is 514 cm³/mol. The van der Waals surface area contributed by atoms with E-state index < -0.39 is 251 Å². The number of ketones is 2. The number of primary amides is 1. The summed E-state index contributed by atoms with van der Waals surface area (Å²) in [5.74, 6) is -17.6. The lowest BCUT2D eigenvalue weighted by Crippen LogP contribution is -2.62. The highest BCUT2D eigenvalue weighted by atomic mass is 16.7. The van der Waals surface area contributed by atoms with Gasteiger partial charge in [0.05, 0.1) is 60.3 Å². The molecule has 4 aromatic carbocycles. The van der Waals surface area contributed by atoms with Gasteiger partial charge in [0.15, 0.2) is 30.6 Å². The molecule has 0 unspecified atom stereocenters. The van der Waals surface area contributed by atoms with Crippen molar-refractivity contribution in [2.24, 2.45) is 51.8 Å². The average molecular weight is 1990 g/mol. The molecule has 776 valence electrons. The molecule has 31 N–H and O–H groups in total. The number of nitrogens with one attached hydrogen (secondary N) is 16. The lowest BCUT2D eigenvalue weighted by atomic mass is 9.72. The summed E-state index contributed by atoms with van der Waals surface area (Å²) in [7, 11) is 1.28. The highest BCUT2D eigenvalue weighted by Crippen LogP contribution is 2.53. The lowest BCUT2D eigenvalue weighted by molar-refractivity contribution is -0.245. The van der Waals surface area contributed by atoms with Crippen molar-refractivity contribution in [2.75, 3.05) is 26.8 Å². The number of nitrogens with zero attached hydrogens (tertiary/aromatic N) is 2. The summed E-state index contributed by atoms with van der Waals surface area (Å²) in [6.07, 6.45) is -6.13. The number of phenols is 4. The number of guanidine groups is 2. The third-order valence-corrected chi connectivity index (χ3v) is 24.2. The minimum Gasteiger partial charge on any atom is -0.508 e. The summed E-state index contributed by atoms with van der Waals surface area (Å²) >= 11 is 0. The zero-order valence-electron chi connectivity index (χ0n) is 81.6. The first-order valence-corrected chi connectivity index (χ1v) is 46.9. The van der Waals surface area contributed by atoms with E-state index in [2.05, 4.69) is 84.2 Å². The van der Waals surface area contributed by atoms with E-state index in [4.69, 9.17) is 52.8 Å². The number of rotatable bonds is 51. The number of aromatic nitrogens is 2. The second-order valence-corrected chi connectivity index (χ2v) is 37.5. The summed E-state index contributed by atoms with van der Waals surface area (Å²) in [4.78, 5) is 215. The number of aliphatic hydroxyl groups excluding tert-OH is 2. The maximum Gasteiger partial charge on any atom is 0.261 e. The van der Waals surface area contributed by atoms with Crippen molar-refractivity contribution in [3.05, 3.63) is 129 Å². The van der Waals surface area contributed by atoms with Gasteiger partial charge in [-0.3, -0.25) is 77.9 Å². The van der Waals surface area contributed by atoms with Crippen LogP contribution in [-0.2, 0) is 97.5 Å². The first-order valence-electron chi connectivity index (χ1n) is 46.9. The Balaban J connectivity index is 1.01. The van der Waals surface area contributed by atoms with Crippen LogP contribution >= 0.6 is 0 Å². The Bertz CT molecular complexity index is 5360. The number of aromatic hydroxyl groups is 4. The number of carbonyl (C=O) groups excluding carboxylic acids is 14. The number of ether oxygens (including phenoxy) is 3. The summed E-state index contributed by atoms with van der Waals surface area (Å²) in [6.45, 7) is 18.0. The van der Waals surface area contributed by atoms with E-state index in [9.17, 15) is 78.9 Å². The van der Waals surface area contributed by atoms with E-state index >= 15 is 24.0 Å². The third-order valence-electron chi connectivity index (χ3n) is 24.2. The van der Waals surface area contributed by atoms with Gasteiger partial charge in [-0.1, -0.05) is 96.9 Å². The first-order chi connectivity index (χ1) is 66.9. The zero-order valence-corrected chi connectivity index (χ0v) is 81.6. The van der Waals surface area contributed by atoms with Gasteiger partial charge in [0.2, 0.25) is 70.8 Å². The van der Waals surface area contributed by atoms with E-state index in [1.165, 1.54) is 114 Å². The quantitative estimate of drug-likeness (QED) is 0.00661. The van der Waals surface area contributed by atoms with Crippen LogP contribution in [0.3, 0.4) is 0 Å². The number of aromatic amines is 1. The normalized spacial score (nSPS) is 19.1. The Labute approximate surface area is 820 Å². The van der Waals surface area contributed by atoms with Crippen molar-refractivity contribution < 1.29 is 122 Å². The number of aliphatic hydroxyl groups is 3. The lowest BCUT2D eigenvalue weighted by Gasteiger charge is -2.42. The molecule has 2 heterocycles. The Kier molecular flexibility index (Phi) is 41.3. The molecule has 0 radical (unpaired) electrons. The van der Waals surface area contributed by atoms with Crippen LogP contribution in [-0.4, -0.2) is 275 Å². The van der Waals surface area contributed by atoms with Crippen LogP contribution in [0.15, 0.2) is 84.4 Å². The number of imidazole rings is 1. The van der Waals surface area contributed by atoms with E-state index in [1.807, 2.05) is 0 Å². The number of H-pyrrole nitrogens is 1. The van der Waals surface area contributed by atoms with Crippen molar-refractivity contribution in [2.45, 2.75) is 275 Å². The molecule has 47 heteroatoms. The fourth-order valence-corrected chi connectivity index (χ4v) is 16.6. The molecule has 8 rings (SSSR count). The molecule has 5 aromatic rings. The van der Waals surface area contributed by atoms with Gasteiger partial charge < -0.3 is 152 Å². The number of hydrogen-bond donors (Lipinski definition) is 27. The largest absolute Gasteiger partial charge is 0.508 e. The number of nitrogens with two attached hydrogens (primary N) is 4. The molecule has 1 aromatic heterocycles. The smallest absolute Gasteiger partial charge is 0.261 e. The molecule has 2 aliphatic carbocycles. The molecule has 1 fully saturated rings. The highest BCUT2D eigenvalue weighted by Gasteiger charge is 2.50. The molecular formula is C95H136N22O25. The van der Waals surface area contributed by atoms with Gasteiger partial charge in [-0.15, -0.1) is 0 Å². The first kappa shape index (κ1) is 113. The van der Waals surface area contributed by atoms with Gasteiger partial charge in [0.25, 0.3) is 5.91 Å². The van der Waals surface area contributed by atoms with Crippen LogP contribution < -0.4 is 96.8 Å². The second kappa shape index (κ2) is 51.8. The average Bonchev–Trinajstić information content (AvgIpc) is 0.738. The summed E-state index contributed by atoms with van der Waals surface area (Å²) in [6, 6.07) is -2.02. The highest BCUT2D eigenvalue weighted by molar-refractivity contribution is 6.31. The van der Waals surface area contributed by atoms with Crippen molar-refractivity contribution >= 4 is 100 Å². The van der Waals surface area contributed by atoms with Gasteiger partial charge in [-0.05, 0) is 138 Å². The van der Waals surface area contributed by atoms with Crippen LogP contribution in [0, 0.1) is 34.5 Å². The Morgan fingerprint density at radius 2 is 1.02 bits per heavy atom. The topological polar surface area (TPSA) is 767 Å². The maximum atomic E-state index is 15.2. The minimum atomic E-state index is -2.21. The molecular weight excluding hydrogens is 1850 g/mol. The van der Waals surface area contributed by atoms with E-state index in [1.54, 1.807) is 55.4 Å². The Hall–Kier alpha value is -14.2. The van der Waals surface area contributed by atoms with E-state index in [0.29, 0.717) is 16.8 Å². The van der Waals surface area contributed by atoms with Gasteiger partial charge >= 0.3 is 0 Å². The third kappa shape index (κ3) is 31.7.